The van der Waals surface area contributed by atoms with Gasteiger partial charge in [-0.2, -0.15) is 0 Å². The van der Waals surface area contributed by atoms with Crippen LogP contribution in [-0.4, -0.2) is 23.1 Å². The highest BCUT2D eigenvalue weighted by atomic mass is 16.6. The maximum Gasteiger partial charge on any atom is 0.345 e. The third kappa shape index (κ3) is 11.6. The minimum absolute atomic E-state index is 0.400. The number of hydrogen-bond acceptors (Lipinski definition) is 3. The van der Waals surface area contributed by atoms with Crippen molar-refractivity contribution in [3.05, 3.63) is 0 Å². The van der Waals surface area contributed by atoms with E-state index < -0.39 is 18.0 Å². The molecule has 0 aromatic carbocycles. The van der Waals surface area contributed by atoms with Gasteiger partial charge in [0.05, 0.1) is 0 Å². The number of unbranched alkanes of at least 4 members (excludes halogenated alkanes) is 6. The molecule has 0 radical (unpaired) electrons. The van der Waals surface area contributed by atoms with Crippen molar-refractivity contribution in [1.29, 1.82) is 0 Å². The van der Waals surface area contributed by atoms with Crippen LogP contribution in [0.4, 0.5) is 0 Å². The quantitative estimate of drug-likeness (QED) is 0.378. The molecule has 0 saturated carbocycles. The van der Waals surface area contributed by atoms with Gasteiger partial charge in [0, 0.05) is 19.8 Å². The van der Waals surface area contributed by atoms with Crippen LogP contribution in [0.25, 0.3) is 0 Å². The SMILES string of the molecule is CCC#CCCCCCCCCC(OC(C)=O)C(=O)O. The summed E-state index contributed by atoms with van der Waals surface area (Å²) in [6, 6.07) is 0. The minimum atomic E-state index is -1.06. The van der Waals surface area contributed by atoms with E-state index in [9.17, 15) is 9.59 Å². The number of carbonyl (C=O) groups excluding carboxylic acids is 1. The molecular weight excluding hydrogens is 256 g/mol. The highest BCUT2D eigenvalue weighted by Crippen LogP contribution is 2.11. The number of carbonyl (C=O) groups is 2. The van der Waals surface area contributed by atoms with Crippen LogP contribution in [-0.2, 0) is 14.3 Å². The molecule has 20 heavy (non-hydrogen) atoms. The van der Waals surface area contributed by atoms with E-state index in [1.54, 1.807) is 0 Å². The second-order valence-corrected chi connectivity index (χ2v) is 4.80. The second kappa shape index (κ2) is 12.5. The first-order chi connectivity index (χ1) is 9.57. The average Bonchev–Trinajstić information content (AvgIpc) is 2.39. The third-order valence-corrected chi connectivity index (χ3v) is 2.90. The molecule has 4 nitrogen and oxygen atoms in total. The maximum absolute atomic E-state index is 10.8. The highest BCUT2D eigenvalue weighted by Gasteiger charge is 2.19. The molecular formula is C16H26O4. The molecule has 0 rings (SSSR count). The Morgan fingerprint density at radius 3 is 2.20 bits per heavy atom. The van der Waals surface area contributed by atoms with Gasteiger partial charge >= 0.3 is 11.9 Å². The maximum atomic E-state index is 10.8. The monoisotopic (exact) mass is 282 g/mol. The number of esters is 1. The Hall–Kier alpha value is -1.50. The molecule has 0 aromatic rings. The van der Waals surface area contributed by atoms with Crippen LogP contribution in [0.5, 0.6) is 0 Å². The molecule has 0 aromatic heterocycles. The van der Waals surface area contributed by atoms with Crippen LogP contribution >= 0.6 is 0 Å². The lowest BCUT2D eigenvalue weighted by molar-refractivity contribution is -0.163. The van der Waals surface area contributed by atoms with Crippen LogP contribution in [0, 0.1) is 11.8 Å². The zero-order chi connectivity index (χ0) is 15.2. The first-order valence-corrected chi connectivity index (χ1v) is 7.43. The van der Waals surface area contributed by atoms with Crippen molar-refractivity contribution >= 4 is 11.9 Å². The molecule has 0 bridgehead atoms. The topological polar surface area (TPSA) is 63.6 Å². The lowest BCUT2D eigenvalue weighted by Crippen LogP contribution is -2.25. The molecule has 0 aliphatic carbocycles. The molecule has 0 aliphatic heterocycles. The fourth-order valence-electron chi connectivity index (χ4n) is 1.90. The highest BCUT2D eigenvalue weighted by molar-refractivity contribution is 5.76. The van der Waals surface area contributed by atoms with Gasteiger partial charge in [0.15, 0.2) is 6.10 Å². The lowest BCUT2D eigenvalue weighted by Gasteiger charge is -2.11. The van der Waals surface area contributed by atoms with E-state index in [1.165, 1.54) is 13.3 Å². The minimum Gasteiger partial charge on any atom is -0.479 e. The van der Waals surface area contributed by atoms with Crippen molar-refractivity contribution in [2.75, 3.05) is 0 Å². The van der Waals surface area contributed by atoms with E-state index in [-0.39, 0.29) is 0 Å². The first kappa shape index (κ1) is 18.5. The molecule has 114 valence electrons. The summed E-state index contributed by atoms with van der Waals surface area (Å²) in [5, 5.41) is 8.88. The Bertz CT molecular complexity index is 338. The molecule has 0 spiro atoms. The van der Waals surface area contributed by atoms with Crippen LogP contribution in [0.2, 0.25) is 0 Å². The predicted octanol–water partition coefficient (Wildman–Crippen LogP) is 3.54. The van der Waals surface area contributed by atoms with Crippen LogP contribution < -0.4 is 0 Å². The largest absolute Gasteiger partial charge is 0.479 e. The van der Waals surface area contributed by atoms with Gasteiger partial charge in [0.25, 0.3) is 0 Å². The van der Waals surface area contributed by atoms with Gasteiger partial charge in [0.2, 0.25) is 0 Å². The summed E-state index contributed by atoms with van der Waals surface area (Å²) in [4.78, 5) is 21.6. The fourth-order valence-corrected chi connectivity index (χ4v) is 1.90. The van der Waals surface area contributed by atoms with Crippen molar-refractivity contribution in [3.8, 4) is 11.8 Å². The van der Waals surface area contributed by atoms with E-state index in [4.69, 9.17) is 9.84 Å². The van der Waals surface area contributed by atoms with Gasteiger partial charge in [-0.25, -0.2) is 4.79 Å². The molecule has 4 heteroatoms. The van der Waals surface area contributed by atoms with Crippen molar-refractivity contribution in [2.45, 2.75) is 77.7 Å². The summed E-state index contributed by atoms with van der Waals surface area (Å²) in [5.74, 6) is 4.57. The third-order valence-electron chi connectivity index (χ3n) is 2.90. The smallest absolute Gasteiger partial charge is 0.345 e. The summed E-state index contributed by atoms with van der Waals surface area (Å²) < 4.78 is 4.74. The zero-order valence-electron chi connectivity index (χ0n) is 12.6. The number of carboxylic acid groups (broad SMARTS) is 1. The summed E-state index contributed by atoms with van der Waals surface area (Å²) in [6.45, 7) is 3.28. The van der Waals surface area contributed by atoms with Gasteiger partial charge < -0.3 is 9.84 Å². The van der Waals surface area contributed by atoms with E-state index >= 15 is 0 Å². The predicted molar refractivity (Wildman–Crippen MR) is 78.2 cm³/mol. The van der Waals surface area contributed by atoms with Crippen LogP contribution in [0.15, 0.2) is 0 Å². The Kier molecular flexibility index (Phi) is 11.6. The lowest BCUT2D eigenvalue weighted by atomic mass is 10.1. The molecule has 0 fully saturated rings. The standard InChI is InChI=1S/C16H26O4/c1-3-4-5-6-7-8-9-10-11-12-13-15(16(18)19)20-14(2)17/h15H,3,6-13H2,1-2H3,(H,18,19). The van der Waals surface area contributed by atoms with Gasteiger partial charge in [0.1, 0.15) is 0 Å². The number of aliphatic carboxylic acids is 1. The summed E-state index contributed by atoms with van der Waals surface area (Å²) in [5.41, 5.74) is 0. The second-order valence-electron chi connectivity index (χ2n) is 4.80. The van der Waals surface area contributed by atoms with Gasteiger partial charge in [-0.3, -0.25) is 4.79 Å². The van der Waals surface area contributed by atoms with Gasteiger partial charge in [-0.1, -0.05) is 32.6 Å². The van der Waals surface area contributed by atoms with Crippen molar-refractivity contribution < 1.29 is 19.4 Å². The Morgan fingerprint density at radius 1 is 1.05 bits per heavy atom. The summed E-state index contributed by atoms with van der Waals surface area (Å²) in [6.07, 6.45) is 7.61. The molecule has 1 N–H and O–H groups in total. The molecule has 1 atom stereocenters. The first-order valence-electron chi connectivity index (χ1n) is 7.43. The van der Waals surface area contributed by atoms with Crippen molar-refractivity contribution in [3.63, 3.8) is 0 Å². The Morgan fingerprint density at radius 2 is 1.65 bits per heavy atom. The van der Waals surface area contributed by atoms with E-state index in [1.807, 2.05) is 6.92 Å². The molecule has 0 amide bonds. The van der Waals surface area contributed by atoms with Gasteiger partial charge in [-0.05, 0) is 19.3 Å². The van der Waals surface area contributed by atoms with Crippen LogP contribution in [0.1, 0.15) is 71.6 Å². The van der Waals surface area contributed by atoms with Crippen LogP contribution in [0.3, 0.4) is 0 Å². The van der Waals surface area contributed by atoms with Crippen molar-refractivity contribution in [2.24, 2.45) is 0 Å². The number of carboxylic acids is 1. The Labute approximate surface area is 121 Å². The Balaban J connectivity index is 3.50. The molecule has 0 aliphatic rings. The number of hydrogen-bond donors (Lipinski definition) is 1. The number of rotatable bonds is 10. The average molecular weight is 282 g/mol. The molecule has 0 heterocycles. The van der Waals surface area contributed by atoms with E-state index in [0.29, 0.717) is 6.42 Å². The fraction of sp³-hybridized carbons (Fsp3) is 0.750. The van der Waals surface area contributed by atoms with E-state index in [0.717, 1.165) is 44.9 Å². The van der Waals surface area contributed by atoms with Crippen molar-refractivity contribution in [1.82, 2.24) is 0 Å². The zero-order valence-corrected chi connectivity index (χ0v) is 12.6. The van der Waals surface area contributed by atoms with E-state index in [2.05, 4.69) is 11.8 Å². The molecule has 1 unspecified atom stereocenters. The summed E-state index contributed by atoms with van der Waals surface area (Å²) in [7, 11) is 0. The van der Waals surface area contributed by atoms with Gasteiger partial charge in [-0.15, -0.1) is 11.8 Å². The number of ether oxygens (including phenoxy) is 1. The normalized spacial score (nSPS) is 11.3. The summed E-state index contributed by atoms with van der Waals surface area (Å²) >= 11 is 0. The molecule has 0 saturated heterocycles.